The molecule has 0 aliphatic heterocycles. The van der Waals surface area contributed by atoms with Gasteiger partial charge in [0.25, 0.3) is 0 Å². The molecule has 14 heteroatoms. The zero-order valence-electron chi connectivity index (χ0n) is 33.7. The highest BCUT2D eigenvalue weighted by atomic mass is 19.1. The van der Waals surface area contributed by atoms with Gasteiger partial charge >= 0.3 is 0 Å². The minimum atomic E-state index is -1.30. The molecule has 4 amide bonds. The van der Waals surface area contributed by atoms with Crippen LogP contribution in [0.2, 0.25) is 0 Å². The van der Waals surface area contributed by atoms with Gasteiger partial charge < -0.3 is 31.5 Å². The molecule has 2 rings (SSSR count). The van der Waals surface area contributed by atoms with Crippen molar-refractivity contribution >= 4 is 23.6 Å². The summed E-state index contributed by atoms with van der Waals surface area (Å²) in [7, 11) is 0. The maximum atomic E-state index is 14.0. The predicted molar refractivity (Wildman–Crippen MR) is 211 cm³/mol. The van der Waals surface area contributed by atoms with Gasteiger partial charge in [-0.05, 0) is 92.7 Å². The first-order chi connectivity index (χ1) is 27.0. The van der Waals surface area contributed by atoms with E-state index < -0.39 is 83.3 Å². The van der Waals surface area contributed by atoms with Crippen LogP contribution in [-0.4, -0.2) is 75.1 Å². The molecule has 0 saturated heterocycles. The first kappa shape index (κ1) is 48.6. The number of allylic oxidation sites excluding steroid dienone is 2. The second-order valence-electron chi connectivity index (χ2n) is 14.6. The molecule has 57 heavy (non-hydrogen) atoms. The van der Waals surface area contributed by atoms with Gasteiger partial charge in [-0.25, -0.2) is 17.6 Å². The van der Waals surface area contributed by atoms with Crippen LogP contribution in [-0.2, 0) is 32.0 Å². The van der Waals surface area contributed by atoms with Crippen LogP contribution in [0.5, 0.6) is 0 Å². The Morgan fingerprint density at radius 1 is 0.737 bits per heavy atom. The zero-order valence-corrected chi connectivity index (χ0v) is 33.7. The largest absolute Gasteiger partial charge is 0.391 e. The van der Waals surface area contributed by atoms with Gasteiger partial charge in [0.15, 0.2) is 0 Å². The molecule has 2 aromatic rings. The summed E-state index contributed by atoms with van der Waals surface area (Å²) in [5.74, 6) is -5.33. The number of nitrogens with zero attached hydrogens (tertiary/aromatic N) is 1. The van der Waals surface area contributed by atoms with E-state index in [0.717, 1.165) is 36.8 Å². The Morgan fingerprint density at radius 2 is 1.23 bits per heavy atom. The van der Waals surface area contributed by atoms with E-state index >= 15 is 0 Å². The number of halogens is 4. The minimum absolute atomic E-state index is 0.00792. The number of aliphatic hydroxyl groups excluding tert-OH is 2. The molecule has 0 bridgehead atoms. The number of hydrogen-bond acceptors (Lipinski definition) is 6. The van der Waals surface area contributed by atoms with E-state index in [0.29, 0.717) is 31.7 Å². The smallest absolute Gasteiger partial charge is 0.244 e. The molecular weight excluding hydrogens is 744 g/mol. The number of carbonyl (C=O) groups is 4. The summed E-state index contributed by atoms with van der Waals surface area (Å²) in [6, 6.07) is 2.23. The summed E-state index contributed by atoms with van der Waals surface area (Å²) in [5.41, 5.74) is 6.40. The van der Waals surface area contributed by atoms with Gasteiger partial charge in [-0.15, -0.1) is 0 Å². The lowest BCUT2D eigenvalue weighted by Crippen LogP contribution is -2.54. The Bertz CT molecular complexity index is 1630. The molecule has 0 radical (unpaired) electrons. The van der Waals surface area contributed by atoms with Crippen molar-refractivity contribution in [2.75, 3.05) is 0 Å². The molecule has 7 atom stereocenters. The Kier molecular flexibility index (Phi) is 21.3. The lowest BCUT2D eigenvalue weighted by atomic mass is 9.87. The standard InChI is InChI=1S/C43H60F4N4O6/c1-6-9-10-16-42(56)51(36(8-3)26-41(55)38(50-28(5)53)22-31-19-34(46)25-35(47)20-31)39(43(48)57)15-12-11-14-29(13-7-2)23-40(54)37(49-27(4)52)21-30-17-32(44)24-33(45)18-30/h9-10,12,15,17-20,24-25,29,36-41,54-55H,6-8,11,13-14,16,21-23,26H2,1-5H3,(H2,48,57)(H,49,52)(H,50,53)/t29?,36?,37-,38-,39?,40-,41-/m0/s1. The highest BCUT2D eigenvalue weighted by molar-refractivity contribution is 5.89. The maximum Gasteiger partial charge on any atom is 0.244 e. The third-order valence-corrected chi connectivity index (χ3v) is 9.75. The second kappa shape index (κ2) is 24.9. The minimum Gasteiger partial charge on any atom is -0.391 e. The Labute approximate surface area is 334 Å². The van der Waals surface area contributed by atoms with Gasteiger partial charge in [0.1, 0.15) is 29.3 Å². The number of primary amides is 1. The Hall–Kier alpha value is -4.56. The number of rotatable bonds is 25. The molecule has 2 aromatic carbocycles. The Morgan fingerprint density at radius 3 is 1.65 bits per heavy atom. The number of hydrogen-bond donors (Lipinski definition) is 5. The molecular formula is C43H60F4N4O6. The van der Waals surface area contributed by atoms with Crippen molar-refractivity contribution in [2.45, 2.75) is 142 Å². The van der Waals surface area contributed by atoms with E-state index in [1.165, 1.54) is 24.8 Å². The fourth-order valence-corrected chi connectivity index (χ4v) is 7.19. The van der Waals surface area contributed by atoms with Gasteiger partial charge in [-0.2, -0.15) is 0 Å². The average molecular weight is 805 g/mol. The van der Waals surface area contributed by atoms with Crippen LogP contribution in [0.25, 0.3) is 0 Å². The normalized spacial score (nSPS) is 15.4. The number of nitrogens with two attached hydrogens (primary N) is 1. The molecule has 0 heterocycles. The molecule has 0 aliphatic rings. The van der Waals surface area contributed by atoms with Crippen molar-refractivity contribution in [2.24, 2.45) is 11.7 Å². The first-order valence-corrected chi connectivity index (χ1v) is 19.7. The van der Waals surface area contributed by atoms with E-state index in [9.17, 15) is 47.0 Å². The number of aliphatic hydroxyl groups is 2. The first-order valence-electron chi connectivity index (χ1n) is 19.7. The van der Waals surface area contributed by atoms with Gasteiger partial charge in [0.05, 0.1) is 24.3 Å². The van der Waals surface area contributed by atoms with Gasteiger partial charge in [-0.3, -0.25) is 19.2 Å². The Balaban J connectivity index is 2.32. The van der Waals surface area contributed by atoms with Crippen molar-refractivity contribution < 1.29 is 47.0 Å². The molecule has 6 N–H and O–H groups in total. The van der Waals surface area contributed by atoms with Crippen LogP contribution in [0.15, 0.2) is 60.7 Å². The highest BCUT2D eigenvalue weighted by Gasteiger charge is 2.34. The lowest BCUT2D eigenvalue weighted by molar-refractivity contribution is -0.140. The third-order valence-electron chi connectivity index (χ3n) is 9.75. The van der Waals surface area contributed by atoms with Crippen LogP contribution in [0.1, 0.15) is 104 Å². The fraction of sp³-hybridized carbons (Fsp3) is 0.535. The van der Waals surface area contributed by atoms with Gasteiger partial charge in [0.2, 0.25) is 23.6 Å². The van der Waals surface area contributed by atoms with Crippen LogP contribution in [0.3, 0.4) is 0 Å². The quantitative estimate of drug-likeness (QED) is 0.0602. The summed E-state index contributed by atoms with van der Waals surface area (Å²) in [6.07, 6.45) is 7.86. The molecule has 3 unspecified atom stereocenters. The average Bonchev–Trinajstić information content (AvgIpc) is 3.10. The van der Waals surface area contributed by atoms with Gasteiger partial charge in [0, 0.05) is 38.4 Å². The zero-order chi connectivity index (χ0) is 42.7. The van der Waals surface area contributed by atoms with E-state index in [2.05, 4.69) is 10.6 Å². The number of carbonyl (C=O) groups excluding carboxylic acids is 4. The van der Waals surface area contributed by atoms with Crippen molar-refractivity contribution in [3.63, 3.8) is 0 Å². The van der Waals surface area contributed by atoms with E-state index in [1.807, 2.05) is 13.8 Å². The van der Waals surface area contributed by atoms with E-state index in [-0.39, 0.29) is 55.6 Å². The summed E-state index contributed by atoms with van der Waals surface area (Å²) in [4.78, 5) is 52.3. The van der Waals surface area contributed by atoms with Crippen molar-refractivity contribution in [3.8, 4) is 0 Å². The monoisotopic (exact) mass is 804 g/mol. The maximum absolute atomic E-state index is 14.0. The van der Waals surface area contributed by atoms with Crippen LogP contribution >= 0.6 is 0 Å². The highest BCUT2D eigenvalue weighted by Crippen LogP contribution is 2.25. The van der Waals surface area contributed by atoms with Crippen LogP contribution in [0, 0.1) is 29.2 Å². The molecule has 0 spiro atoms. The number of nitrogens with one attached hydrogen (secondary N) is 2. The van der Waals surface area contributed by atoms with E-state index in [1.54, 1.807) is 25.2 Å². The van der Waals surface area contributed by atoms with Crippen LogP contribution in [0.4, 0.5) is 17.6 Å². The molecule has 0 saturated carbocycles. The van der Waals surface area contributed by atoms with Gasteiger partial charge in [-0.1, -0.05) is 57.9 Å². The molecule has 0 aromatic heterocycles. The topological polar surface area (TPSA) is 162 Å². The SMILES string of the molecule is CCC=CCC(=O)N(C(CC)C[C@H](O)[C@H](Cc1cc(F)cc(F)c1)NC(C)=O)C(C=CCCC(CCC)C[C@H](O)[C@H](Cc1cc(F)cc(F)c1)NC(C)=O)C(N)=O. The summed E-state index contributed by atoms with van der Waals surface area (Å²) in [6.45, 7) is 8.21. The second-order valence-corrected chi connectivity index (χ2v) is 14.6. The van der Waals surface area contributed by atoms with E-state index in [4.69, 9.17) is 5.73 Å². The summed E-state index contributed by atoms with van der Waals surface area (Å²) in [5, 5.41) is 28.0. The predicted octanol–water partition coefficient (Wildman–Crippen LogP) is 6.11. The van der Waals surface area contributed by atoms with Crippen molar-refractivity contribution in [1.82, 2.24) is 15.5 Å². The van der Waals surface area contributed by atoms with Crippen molar-refractivity contribution in [3.05, 3.63) is 95.1 Å². The molecule has 10 nitrogen and oxygen atoms in total. The molecule has 316 valence electrons. The summed E-state index contributed by atoms with van der Waals surface area (Å²) < 4.78 is 55.8. The number of amides is 4. The third kappa shape index (κ3) is 17.6. The lowest BCUT2D eigenvalue weighted by Gasteiger charge is -2.37. The summed E-state index contributed by atoms with van der Waals surface area (Å²) >= 11 is 0. The fourth-order valence-electron chi connectivity index (χ4n) is 7.19. The molecule has 0 aliphatic carbocycles. The molecule has 0 fully saturated rings. The van der Waals surface area contributed by atoms with Crippen LogP contribution < -0.4 is 16.4 Å². The number of benzene rings is 2. The van der Waals surface area contributed by atoms with Crippen molar-refractivity contribution in [1.29, 1.82) is 0 Å².